The molecule has 1 aliphatic heterocycles. The Bertz CT molecular complexity index is 416. The molecule has 0 saturated heterocycles. The molecule has 1 aliphatic rings. The van der Waals surface area contributed by atoms with Crippen molar-refractivity contribution >= 4 is 11.6 Å². The first-order valence-electron chi connectivity index (χ1n) is 4.89. The summed E-state index contributed by atoms with van der Waals surface area (Å²) < 4.78 is 5.19. The highest BCUT2D eigenvalue weighted by Gasteiger charge is 2.24. The third-order valence-electron chi connectivity index (χ3n) is 2.23. The van der Waals surface area contributed by atoms with E-state index in [1.54, 1.807) is 18.3 Å². The Hall–Kier alpha value is -2.01. The first-order chi connectivity index (χ1) is 7.72. The maximum atomic E-state index is 11.2. The summed E-state index contributed by atoms with van der Waals surface area (Å²) in [5, 5.41) is 3.06. The van der Waals surface area contributed by atoms with E-state index in [-0.39, 0.29) is 5.91 Å². The topological polar surface area (TPSA) is 44.8 Å². The predicted octanol–water partition coefficient (Wildman–Crippen LogP) is 1.22. The van der Waals surface area contributed by atoms with Crippen LogP contribution < -0.4 is 10.5 Å². The quantitative estimate of drug-likeness (QED) is 0.812. The van der Waals surface area contributed by atoms with Gasteiger partial charge in [0.2, 0.25) is 11.8 Å². The number of benzene rings is 1. The van der Waals surface area contributed by atoms with Crippen molar-refractivity contribution in [3.8, 4) is 0 Å². The van der Waals surface area contributed by atoms with Gasteiger partial charge in [-0.15, -0.1) is 5.53 Å². The molecule has 0 aromatic heterocycles. The molecule has 0 atom stereocenters. The second kappa shape index (κ2) is 4.24. The maximum Gasteiger partial charge on any atom is 0.239 e. The van der Waals surface area contributed by atoms with Gasteiger partial charge in [-0.2, -0.15) is 0 Å². The zero-order chi connectivity index (χ0) is 11.5. The highest BCUT2D eigenvalue weighted by Crippen LogP contribution is 2.21. The van der Waals surface area contributed by atoms with E-state index in [0.717, 1.165) is 5.69 Å². The lowest BCUT2D eigenvalue weighted by Crippen LogP contribution is -2.42. The maximum absolute atomic E-state index is 11.2. The van der Waals surface area contributed by atoms with Gasteiger partial charge in [-0.05, 0) is 12.1 Å². The molecule has 5 nitrogen and oxygen atoms in total. The van der Waals surface area contributed by atoms with E-state index in [4.69, 9.17) is 4.74 Å². The van der Waals surface area contributed by atoms with Gasteiger partial charge in [0, 0.05) is 6.92 Å². The molecule has 0 radical (unpaired) electrons. The molecule has 5 heteroatoms. The van der Waals surface area contributed by atoms with Crippen molar-refractivity contribution in [2.24, 2.45) is 0 Å². The minimum Gasteiger partial charge on any atom is -0.480 e. The van der Waals surface area contributed by atoms with Crippen molar-refractivity contribution in [2.45, 2.75) is 6.92 Å². The summed E-state index contributed by atoms with van der Waals surface area (Å²) in [6.07, 6.45) is 1.61. The summed E-state index contributed by atoms with van der Waals surface area (Å²) >= 11 is 0. The van der Waals surface area contributed by atoms with Crippen molar-refractivity contribution in [1.29, 1.82) is 0 Å². The number of nitrogens with one attached hydrogen (secondary N) is 1. The largest absolute Gasteiger partial charge is 0.480 e. The van der Waals surface area contributed by atoms with Gasteiger partial charge in [0.05, 0.1) is 19.0 Å². The summed E-state index contributed by atoms with van der Waals surface area (Å²) in [5.74, 6) is 0.467. The zero-order valence-corrected chi connectivity index (χ0v) is 9.18. The minimum atomic E-state index is -0.104. The average Bonchev–Trinajstić information content (AvgIpc) is 2.74. The molecule has 0 spiro atoms. The van der Waals surface area contributed by atoms with Crippen LogP contribution in [0, 0.1) is 0 Å². The molecule has 0 bridgehead atoms. The lowest BCUT2D eigenvalue weighted by molar-refractivity contribution is -0.128. The molecular weight excluding hydrogens is 206 g/mol. The number of carbonyl (C=O) groups excluding carboxylic acids is 1. The molecule has 1 N–H and O–H groups in total. The fourth-order valence-corrected chi connectivity index (χ4v) is 1.42. The van der Waals surface area contributed by atoms with Crippen LogP contribution in [0.2, 0.25) is 0 Å². The van der Waals surface area contributed by atoms with Gasteiger partial charge in [0.15, 0.2) is 0 Å². The molecule has 0 saturated carbocycles. The van der Waals surface area contributed by atoms with Crippen molar-refractivity contribution in [1.82, 2.24) is 10.5 Å². The number of amides is 1. The second-order valence-corrected chi connectivity index (χ2v) is 3.33. The number of methoxy groups -OCH3 is 1. The number of hydrogen-bond donors (Lipinski definition) is 1. The number of rotatable bonds is 2. The summed E-state index contributed by atoms with van der Waals surface area (Å²) in [5.41, 5.74) is 3.81. The van der Waals surface area contributed by atoms with Crippen LogP contribution in [0.1, 0.15) is 6.92 Å². The van der Waals surface area contributed by atoms with E-state index >= 15 is 0 Å². The Morgan fingerprint density at radius 1 is 1.31 bits per heavy atom. The van der Waals surface area contributed by atoms with Crippen LogP contribution in [0.4, 0.5) is 5.69 Å². The number of para-hydroxylation sites is 1. The van der Waals surface area contributed by atoms with Crippen LogP contribution in [0.25, 0.3) is 0 Å². The molecule has 1 amide bonds. The molecule has 16 heavy (non-hydrogen) atoms. The first kappa shape index (κ1) is 10.5. The number of ether oxygens (including phenoxy) is 1. The highest BCUT2D eigenvalue weighted by atomic mass is 16.5. The van der Waals surface area contributed by atoms with E-state index < -0.39 is 0 Å². The Balaban J connectivity index is 2.25. The van der Waals surface area contributed by atoms with E-state index in [9.17, 15) is 4.79 Å². The molecule has 1 aromatic carbocycles. The van der Waals surface area contributed by atoms with Gasteiger partial charge < -0.3 is 4.74 Å². The normalized spacial score (nSPS) is 15.0. The summed E-state index contributed by atoms with van der Waals surface area (Å²) in [6.45, 7) is 1.48. The smallest absolute Gasteiger partial charge is 0.239 e. The fraction of sp³-hybridized carbons (Fsp3) is 0.182. The summed E-state index contributed by atoms with van der Waals surface area (Å²) in [6, 6.07) is 9.60. The Morgan fingerprint density at radius 2 is 2.00 bits per heavy atom. The van der Waals surface area contributed by atoms with Gasteiger partial charge in [0.25, 0.3) is 0 Å². The molecule has 1 heterocycles. The predicted molar refractivity (Wildman–Crippen MR) is 59.7 cm³/mol. The molecular formula is C11H13N3O2. The second-order valence-electron chi connectivity index (χ2n) is 3.33. The minimum absolute atomic E-state index is 0.104. The van der Waals surface area contributed by atoms with Crippen molar-refractivity contribution in [3.05, 3.63) is 42.4 Å². The SMILES string of the molecule is COC1=CN(C(C)=O)NN1c1ccccc1. The van der Waals surface area contributed by atoms with E-state index in [1.165, 1.54) is 11.9 Å². The van der Waals surface area contributed by atoms with Crippen molar-refractivity contribution < 1.29 is 9.53 Å². The molecule has 2 rings (SSSR count). The van der Waals surface area contributed by atoms with Crippen LogP contribution in [-0.4, -0.2) is 18.0 Å². The van der Waals surface area contributed by atoms with Gasteiger partial charge in [-0.25, -0.2) is 10.0 Å². The lowest BCUT2D eigenvalue weighted by atomic mass is 10.3. The number of hydrogen-bond acceptors (Lipinski definition) is 4. The number of hydrazine groups is 2. The fourth-order valence-electron chi connectivity index (χ4n) is 1.42. The molecule has 1 aromatic rings. The third-order valence-corrected chi connectivity index (χ3v) is 2.23. The average molecular weight is 219 g/mol. The van der Waals surface area contributed by atoms with Crippen LogP contribution in [0.3, 0.4) is 0 Å². The Labute approximate surface area is 93.8 Å². The van der Waals surface area contributed by atoms with Crippen LogP contribution >= 0.6 is 0 Å². The monoisotopic (exact) mass is 219 g/mol. The first-order valence-corrected chi connectivity index (χ1v) is 4.89. The standard InChI is InChI=1S/C11H13N3O2/c1-9(15)13-8-11(16-2)14(12-13)10-6-4-3-5-7-10/h3-8,12H,1-2H3. The number of nitrogens with zero attached hydrogens (tertiary/aromatic N) is 2. The third kappa shape index (κ3) is 1.85. The Morgan fingerprint density at radius 3 is 2.56 bits per heavy atom. The summed E-state index contributed by atoms with van der Waals surface area (Å²) in [7, 11) is 1.56. The van der Waals surface area contributed by atoms with Crippen molar-refractivity contribution in [3.63, 3.8) is 0 Å². The Kier molecular flexibility index (Phi) is 2.78. The van der Waals surface area contributed by atoms with E-state index in [1.807, 2.05) is 30.3 Å². The number of anilines is 1. The van der Waals surface area contributed by atoms with E-state index in [2.05, 4.69) is 5.53 Å². The van der Waals surface area contributed by atoms with Gasteiger partial charge >= 0.3 is 0 Å². The van der Waals surface area contributed by atoms with Crippen LogP contribution in [0.15, 0.2) is 42.4 Å². The van der Waals surface area contributed by atoms with Gasteiger partial charge in [-0.1, -0.05) is 18.2 Å². The van der Waals surface area contributed by atoms with Crippen LogP contribution in [0.5, 0.6) is 0 Å². The highest BCUT2D eigenvalue weighted by molar-refractivity contribution is 5.75. The molecule has 0 fully saturated rings. The molecule has 84 valence electrons. The molecule has 0 aliphatic carbocycles. The number of carbonyl (C=O) groups is 1. The van der Waals surface area contributed by atoms with Crippen molar-refractivity contribution in [2.75, 3.05) is 12.1 Å². The van der Waals surface area contributed by atoms with Gasteiger partial charge in [0.1, 0.15) is 0 Å². The van der Waals surface area contributed by atoms with Crippen LogP contribution in [-0.2, 0) is 9.53 Å². The van der Waals surface area contributed by atoms with Gasteiger partial charge in [-0.3, -0.25) is 4.79 Å². The zero-order valence-electron chi connectivity index (χ0n) is 9.18. The lowest BCUT2D eigenvalue weighted by Gasteiger charge is -2.22. The van der Waals surface area contributed by atoms with E-state index in [0.29, 0.717) is 5.88 Å². The summed E-state index contributed by atoms with van der Waals surface area (Å²) in [4.78, 5) is 11.2. The molecule has 0 unspecified atom stereocenters.